The molecule has 0 spiro atoms. The molecule has 2 N–H and O–H groups in total. The molecule has 0 radical (unpaired) electrons. The highest BCUT2D eigenvalue weighted by molar-refractivity contribution is 6.03. The molecule has 1 aromatic heterocycles. The van der Waals surface area contributed by atoms with Crippen LogP contribution < -0.4 is 10.6 Å². The molecule has 3 rings (SSSR count). The number of nitrogens with one attached hydrogen (secondary N) is 2. The predicted molar refractivity (Wildman–Crippen MR) is 97.4 cm³/mol. The van der Waals surface area contributed by atoms with E-state index < -0.39 is 17.7 Å². The monoisotopic (exact) mass is 366 g/mol. The summed E-state index contributed by atoms with van der Waals surface area (Å²) in [5, 5.41) is 13.5. The number of hydrogen-bond donors (Lipinski definition) is 2. The zero-order valence-corrected chi connectivity index (χ0v) is 14.3. The Labute approximate surface area is 154 Å². The van der Waals surface area contributed by atoms with E-state index in [2.05, 4.69) is 25.6 Å². The Morgan fingerprint density at radius 1 is 0.852 bits per heavy atom. The highest BCUT2D eigenvalue weighted by Crippen LogP contribution is 2.16. The highest BCUT2D eigenvalue weighted by Gasteiger charge is 2.08. The number of aromatic nitrogens is 2. The second-order valence-corrected chi connectivity index (χ2v) is 5.46. The summed E-state index contributed by atoms with van der Waals surface area (Å²) in [4.78, 5) is 23.5. The lowest BCUT2D eigenvalue weighted by molar-refractivity contribution is 0.0600. The number of anilines is 3. The van der Waals surface area contributed by atoms with Gasteiger partial charge >= 0.3 is 5.97 Å². The summed E-state index contributed by atoms with van der Waals surface area (Å²) in [5.74, 6) is -0.524. The van der Waals surface area contributed by atoms with Crippen LogP contribution in [0, 0.1) is 5.82 Å². The number of benzene rings is 2. The third-order valence-corrected chi connectivity index (χ3v) is 3.59. The van der Waals surface area contributed by atoms with Crippen LogP contribution in [-0.4, -0.2) is 29.2 Å². The Kier molecular flexibility index (Phi) is 5.36. The van der Waals surface area contributed by atoms with Crippen molar-refractivity contribution in [2.24, 2.45) is 0 Å². The maximum atomic E-state index is 12.9. The van der Waals surface area contributed by atoms with Crippen molar-refractivity contribution in [2.45, 2.75) is 0 Å². The Hall–Kier alpha value is -3.81. The lowest BCUT2D eigenvalue weighted by Gasteiger charge is -2.07. The van der Waals surface area contributed by atoms with Gasteiger partial charge < -0.3 is 15.4 Å². The van der Waals surface area contributed by atoms with E-state index in [1.165, 1.54) is 31.4 Å². The second-order valence-electron chi connectivity index (χ2n) is 5.46. The summed E-state index contributed by atoms with van der Waals surface area (Å²) in [6.07, 6.45) is 0. The molecule has 0 fully saturated rings. The van der Waals surface area contributed by atoms with Crippen molar-refractivity contribution in [3.8, 4) is 0 Å². The average molecular weight is 366 g/mol. The summed E-state index contributed by atoms with van der Waals surface area (Å²) in [7, 11) is 1.32. The van der Waals surface area contributed by atoms with Crippen molar-refractivity contribution in [1.29, 1.82) is 0 Å². The van der Waals surface area contributed by atoms with Crippen LogP contribution in [0.3, 0.4) is 0 Å². The van der Waals surface area contributed by atoms with Crippen LogP contribution in [0.15, 0.2) is 60.7 Å². The number of carbonyl (C=O) groups excluding carboxylic acids is 2. The lowest BCUT2D eigenvalue weighted by Crippen LogP contribution is -2.13. The van der Waals surface area contributed by atoms with Crippen molar-refractivity contribution in [3.63, 3.8) is 0 Å². The molecule has 8 heteroatoms. The van der Waals surface area contributed by atoms with Crippen molar-refractivity contribution in [1.82, 2.24) is 10.2 Å². The maximum Gasteiger partial charge on any atom is 0.337 e. The largest absolute Gasteiger partial charge is 0.465 e. The molecule has 7 nitrogen and oxygen atoms in total. The SMILES string of the molecule is COC(=O)c1ccc(Nc2ccc(NC(=O)c3ccc(F)cc3)nn2)cc1. The fourth-order valence-electron chi connectivity index (χ4n) is 2.21. The molecule has 0 aliphatic carbocycles. The van der Waals surface area contributed by atoms with Crippen LogP contribution in [0.25, 0.3) is 0 Å². The van der Waals surface area contributed by atoms with Crippen LogP contribution in [0.1, 0.15) is 20.7 Å². The molecule has 0 saturated heterocycles. The zero-order valence-electron chi connectivity index (χ0n) is 14.3. The molecule has 0 aliphatic rings. The van der Waals surface area contributed by atoms with Crippen molar-refractivity contribution in [3.05, 3.63) is 77.6 Å². The molecule has 0 saturated carbocycles. The highest BCUT2D eigenvalue weighted by atomic mass is 19.1. The van der Waals surface area contributed by atoms with Crippen molar-refractivity contribution < 1.29 is 18.7 Å². The molecule has 0 unspecified atom stereocenters. The number of esters is 1. The van der Waals surface area contributed by atoms with E-state index in [-0.39, 0.29) is 5.82 Å². The fourth-order valence-corrected chi connectivity index (χ4v) is 2.21. The van der Waals surface area contributed by atoms with Gasteiger partial charge in [0.25, 0.3) is 5.91 Å². The van der Waals surface area contributed by atoms with E-state index in [4.69, 9.17) is 0 Å². The summed E-state index contributed by atoms with van der Waals surface area (Å²) in [6, 6.07) is 15.1. The standard InChI is InChI=1S/C19H15FN4O3/c1-27-19(26)13-4-8-15(9-5-13)21-16-10-11-17(24-23-16)22-18(25)12-2-6-14(20)7-3-12/h2-11H,1H3,(H,21,23)(H,22,24,25). The van der Waals surface area contributed by atoms with Crippen molar-refractivity contribution in [2.75, 3.05) is 17.7 Å². The van der Waals surface area contributed by atoms with Gasteiger partial charge in [0.2, 0.25) is 0 Å². The van der Waals surface area contributed by atoms with Gasteiger partial charge in [-0.25, -0.2) is 9.18 Å². The molecule has 0 atom stereocenters. The van der Waals surface area contributed by atoms with Gasteiger partial charge in [0.15, 0.2) is 11.6 Å². The van der Waals surface area contributed by atoms with E-state index in [0.29, 0.717) is 22.6 Å². The minimum atomic E-state index is -0.415. The number of carbonyl (C=O) groups is 2. The average Bonchev–Trinajstić information content (AvgIpc) is 2.70. The Balaban J connectivity index is 1.62. The number of rotatable bonds is 5. The van der Waals surface area contributed by atoms with Gasteiger partial charge in [-0.3, -0.25) is 4.79 Å². The number of nitrogens with zero attached hydrogens (tertiary/aromatic N) is 2. The number of ether oxygens (including phenoxy) is 1. The normalized spacial score (nSPS) is 10.1. The van der Waals surface area contributed by atoms with Gasteiger partial charge in [0.1, 0.15) is 5.82 Å². The molecule has 0 bridgehead atoms. The van der Waals surface area contributed by atoms with E-state index in [0.717, 1.165) is 0 Å². The molecule has 3 aromatic rings. The van der Waals surface area contributed by atoms with E-state index in [1.807, 2.05) is 0 Å². The number of amides is 1. The molecular formula is C19H15FN4O3. The summed E-state index contributed by atoms with van der Waals surface area (Å²) in [5.41, 5.74) is 1.46. The number of methoxy groups -OCH3 is 1. The Morgan fingerprint density at radius 2 is 1.44 bits per heavy atom. The third kappa shape index (κ3) is 4.63. The van der Waals surface area contributed by atoms with Gasteiger partial charge in [0, 0.05) is 11.3 Å². The lowest BCUT2D eigenvalue weighted by atomic mass is 10.2. The molecule has 136 valence electrons. The van der Waals surface area contributed by atoms with Gasteiger partial charge in [-0.1, -0.05) is 0 Å². The van der Waals surface area contributed by atoms with Crippen LogP contribution >= 0.6 is 0 Å². The minimum absolute atomic E-state index is 0.260. The summed E-state index contributed by atoms with van der Waals surface area (Å²) < 4.78 is 17.5. The minimum Gasteiger partial charge on any atom is -0.465 e. The predicted octanol–water partition coefficient (Wildman–Crippen LogP) is 3.40. The quantitative estimate of drug-likeness (QED) is 0.672. The van der Waals surface area contributed by atoms with E-state index >= 15 is 0 Å². The third-order valence-electron chi connectivity index (χ3n) is 3.59. The first-order chi connectivity index (χ1) is 13.0. The van der Waals surface area contributed by atoms with Crippen LogP contribution in [0.2, 0.25) is 0 Å². The Bertz CT molecular complexity index is 942. The number of halogens is 1. The molecular weight excluding hydrogens is 351 g/mol. The van der Waals surface area contributed by atoms with Gasteiger partial charge in [-0.15, -0.1) is 10.2 Å². The van der Waals surface area contributed by atoms with Crippen LogP contribution in [0.5, 0.6) is 0 Å². The van der Waals surface area contributed by atoms with Gasteiger partial charge in [-0.2, -0.15) is 0 Å². The first kappa shape index (κ1) is 18.0. The first-order valence-electron chi connectivity index (χ1n) is 7.91. The van der Waals surface area contributed by atoms with Gasteiger partial charge in [-0.05, 0) is 60.7 Å². The molecule has 27 heavy (non-hydrogen) atoms. The topological polar surface area (TPSA) is 93.2 Å². The molecule has 1 heterocycles. The molecule has 1 amide bonds. The van der Waals surface area contributed by atoms with Crippen LogP contribution in [0.4, 0.5) is 21.7 Å². The Morgan fingerprint density at radius 3 is 2.04 bits per heavy atom. The summed E-state index contributed by atoms with van der Waals surface area (Å²) >= 11 is 0. The molecule has 2 aromatic carbocycles. The second kappa shape index (κ2) is 8.05. The maximum absolute atomic E-state index is 12.9. The van der Waals surface area contributed by atoms with E-state index in [1.54, 1.807) is 36.4 Å². The molecule has 0 aliphatic heterocycles. The fraction of sp³-hybridized carbons (Fsp3) is 0.0526. The number of hydrogen-bond acceptors (Lipinski definition) is 6. The zero-order chi connectivity index (χ0) is 19.2. The van der Waals surface area contributed by atoms with Crippen molar-refractivity contribution >= 4 is 29.2 Å². The smallest absolute Gasteiger partial charge is 0.337 e. The van der Waals surface area contributed by atoms with Gasteiger partial charge in [0.05, 0.1) is 12.7 Å². The van der Waals surface area contributed by atoms with Crippen LogP contribution in [-0.2, 0) is 4.74 Å². The first-order valence-corrected chi connectivity index (χ1v) is 7.91. The summed E-state index contributed by atoms with van der Waals surface area (Å²) in [6.45, 7) is 0. The van der Waals surface area contributed by atoms with E-state index in [9.17, 15) is 14.0 Å².